The van der Waals surface area contributed by atoms with Crippen LogP contribution in [0.25, 0.3) is 0 Å². The predicted molar refractivity (Wildman–Crippen MR) is 146 cm³/mol. The van der Waals surface area contributed by atoms with Gasteiger partial charge < -0.3 is 24.8 Å². The van der Waals surface area contributed by atoms with Gasteiger partial charge in [0.25, 0.3) is 0 Å². The van der Waals surface area contributed by atoms with Gasteiger partial charge in [-0.25, -0.2) is 9.13 Å². The van der Waals surface area contributed by atoms with Crippen LogP contribution < -0.4 is 33.9 Å². The first-order valence-electron chi connectivity index (χ1n) is 14.0. The summed E-state index contributed by atoms with van der Waals surface area (Å²) in [5.74, 6) is 0. The lowest BCUT2D eigenvalue weighted by Crippen LogP contribution is -3.00. The lowest BCUT2D eigenvalue weighted by atomic mass is 10.1. The Morgan fingerprint density at radius 2 is 0.889 bits per heavy atom. The molecule has 0 aromatic carbocycles. The number of unbranched alkanes of at least 4 members (excludes halogenated alkanes) is 11. The average molecular weight is 534 g/mol. The van der Waals surface area contributed by atoms with Gasteiger partial charge in [0.15, 0.2) is 24.8 Å². The topological polar surface area (TPSA) is 7.76 Å². The monoisotopic (exact) mass is 532 g/mol. The third-order valence-electron chi connectivity index (χ3n) is 6.67. The Morgan fingerprint density at radius 3 is 1.25 bits per heavy atom. The summed E-state index contributed by atoms with van der Waals surface area (Å²) in [5.41, 5.74) is 2.91. The van der Waals surface area contributed by atoms with Crippen LogP contribution in [0.3, 0.4) is 0 Å². The minimum absolute atomic E-state index is 0. The van der Waals surface area contributed by atoms with Gasteiger partial charge in [0.1, 0.15) is 13.1 Å². The van der Waals surface area contributed by atoms with E-state index in [1.54, 1.807) is 0 Å². The quantitative estimate of drug-likeness (QED) is 0.132. The molecule has 36 heavy (non-hydrogen) atoms. The van der Waals surface area contributed by atoms with E-state index >= 15 is 0 Å². The average Bonchev–Trinajstić information content (AvgIpc) is 2.86. The second kappa shape index (κ2) is 23.7. The summed E-state index contributed by atoms with van der Waals surface area (Å²) in [4.78, 5) is 0. The summed E-state index contributed by atoms with van der Waals surface area (Å²) in [6, 6.07) is 8.90. The summed E-state index contributed by atoms with van der Waals surface area (Å²) >= 11 is 0. The number of aryl methyl sites for hydroxylation is 4. The zero-order chi connectivity index (χ0) is 24.1. The maximum atomic E-state index is 3.82. The van der Waals surface area contributed by atoms with E-state index in [4.69, 9.17) is 0 Å². The molecule has 0 saturated heterocycles. The summed E-state index contributed by atoms with van der Waals surface area (Å²) in [5, 5.41) is 0. The number of hydrogen-bond donors (Lipinski definition) is 0. The zero-order valence-electron chi connectivity index (χ0n) is 22.6. The van der Waals surface area contributed by atoms with Crippen LogP contribution in [0.1, 0.15) is 101 Å². The lowest BCUT2D eigenvalue weighted by Gasteiger charge is -2.03. The van der Waals surface area contributed by atoms with Crippen LogP contribution in [-0.4, -0.2) is 0 Å². The van der Waals surface area contributed by atoms with Crippen molar-refractivity contribution in [2.75, 3.05) is 0 Å². The second-order valence-electron chi connectivity index (χ2n) is 9.80. The Balaban J connectivity index is 0.00000612. The highest BCUT2D eigenvalue weighted by atomic mass is 35.5. The first kappa shape index (κ1) is 34.4. The molecule has 2 nitrogen and oxygen atoms in total. The molecule has 2 heterocycles. The molecule has 0 aliphatic rings. The first-order valence-corrected chi connectivity index (χ1v) is 14.0. The van der Waals surface area contributed by atoms with E-state index in [0.29, 0.717) is 0 Å². The standard InChI is InChI=1S/C32H50N2.2ClH/c1-3-5-15-21-31-23-19-27-33(29-31)25-17-13-11-9-7-8-10-12-14-18-26-34-28-20-24-32(30-34)22-16-6-4-2;;/h3-4,19-20,23-24,27-30H,1-2,5-18,21-22,25-26H2;2*1H/q+2;;/p-2. The highest BCUT2D eigenvalue weighted by molar-refractivity contribution is 5.06. The second-order valence-corrected chi connectivity index (χ2v) is 9.80. The molecule has 4 heteroatoms. The molecule has 0 bridgehead atoms. The van der Waals surface area contributed by atoms with E-state index < -0.39 is 0 Å². The number of halogens is 2. The van der Waals surface area contributed by atoms with Crippen LogP contribution >= 0.6 is 0 Å². The summed E-state index contributed by atoms with van der Waals surface area (Å²) in [7, 11) is 0. The van der Waals surface area contributed by atoms with Gasteiger partial charge in [0, 0.05) is 36.1 Å². The van der Waals surface area contributed by atoms with Crippen molar-refractivity contribution in [3.63, 3.8) is 0 Å². The molecule has 2 rings (SSSR count). The fourth-order valence-corrected chi connectivity index (χ4v) is 4.63. The summed E-state index contributed by atoms with van der Waals surface area (Å²) in [6.45, 7) is 9.95. The molecule has 0 aliphatic carbocycles. The van der Waals surface area contributed by atoms with Crippen molar-refractivity contribution in [2.24, 2.45) is 0 Å². The summed E-state index contributed by atoms with van der Waals surface area (Å²) < 4.78 is 4.75. The third-order valence-corrected chi connectivity index (χ3v) is 6.67. The van der Waals surface area contributed by atoms with Gasteiger partial charge in [-0.3, -0.25) is 0 Å². The fourth-order valence-electron chi connectivity index (χ4n) is 4.63. The van der Waals surface area contributed by atoms with Crippen LogP contribution in [0, 0.1) is 0 Å². The van der Waals surface area contributed by atoms with Gasteiger partial charge in [-0.05, 0) is 63.5 Å². The zero-order valence-corrected chi connectivity index (χ0v) is 24.1. The van der Waals surface area contributed by atoms with E-state index in [0.717, 1.165) is 38.8 Å². The van der Waals surface area contributed by atoms with Crippen molar-refractivity contribution in [3.05, 3.63) is 85.5 Å². The molecular formula is C32H50Cl2N2. The summed E-state index contributed by atoms with van der Waals surface area (Å²) in [6.07, 6.45) is 33.8. The number of rotatable bonds is 21. The predicted octanol–water partition coefficient (Wildman–Crippen LogP) is 1.89. The molecule has 0 amide bonds. The van der Waals surface area contributed by atoms with E-state index in [-0.39, 0.29) is 24.8 Å². The molecule has 0 saturated carbocycles. The molecule has 2 aromatic heterocycles. The largest absolute Gasteiger partial charge is 1.00 e. The van der Waals surface area contributed by atoms with Crippen molar-refractivity contribution in [1.82, 2.24) is 0 Å². The lowest BCUT2D eigenvalue weighted by molar-refractivity contribution is -0.697. The SMILES string of the molecule is C=CCCCc1ccc[n+](CCCCCCCCCCCC[n+]2cccc(CCCC=C)c2)c1.[Cl-].[Cl-]. The van der Waals surface area contributed by atoms with Gasteiger partial charge in [0.05, 0.1) is 0 Å². The van der Waals surface area contributed by atoms with Crippen LogP contribution in [0.2, 0.25) is 0 Å². The molecule has 0 radical (unpaired) electrons. The number of hydrogen-bond acceptors (Lipinski definition) is 0. The van der Waals surface area contributed by atoms with Crippen LogP contribution in [0.5, 0.6) is 0 Å². The van der Waals surface area contributed by atoms with Crippen molar-refractivity contribution < 1.29 is 33.9 Å². The van der Waals surface area contributed by atoms with Crippen molar-refractivity contribution in [2.45, 2.75) is 116 Å². The van der Waals surface area contributed by atoms with Gasteiger partial charge in [-0.2, -0.15) is 0 Å². The Hall–Kier alpha value is -1.64. The van der Waals surface area contributed by atoms with E-state index in [2.05, 4.69) is 71.3 Å². The Morgan fingerprint density at radius 1 is 0.528 bits per heavy atom. The molecule has 0 atom stereocenters. The van der Waals surface area contributed by atoms with E-state index in [1.165, 1.54) is 88.2 Å². The highest BCUT2D eigenvalue weighted by Gasteiger charge is 2.04. The minimum atomic E-state index is 0. The molecule has 0 spiro atoms. The number of allylic oxidation sites excluding steroid dienone is 2. The van der Waals surface area contributed by atoms with Gasteiger partial charge in [0.2, 0.25) is 0 Å². The molecule has 0 unspecified atom stereocenters. The van der Waals surface area contributed by atoms with Crippen LogP contribution in [0.15, 0.2) is 74.4 Å². The van der Waals surface area contributed by atoms with Gasteiger partial charge in [-0.15, -0.1) is 13.2 Å². The van der Waals surface area contributed by atoms with Crippen LogP contribution in [-0.2, 0) is 25.9 Å². The minimum Gasteiger partial charge on any atom is -1.00 e. The van der Waals surface area contributed by atoms with Crippen molar-refractivity contribution in [1.29, 1.82) is 0 Å². The third kappa shape index (κ3) is 16.9. The maximum Gasteiger partial charge on any atom is 0.171 e. The number of aromatic nitrogens is 2. The number of nitrogens with zero attached hydrogens (tertiary/aromatic N) is 2. The Bertz CT molecular complexity index is 739. The van der Waals surface area contributed by atoms with E-state index in [1.807, 2.05) is 12.2 Å². The maximum absolute atomic E-state index is 3.82. The van der Waals surface area contributed by atoms with Gasteiger partial charge >= 0.3 is 0 Å². The fraction of sp³-hybridized carbons (Fsp3) is 0.562. The number of pyridine rings is 2. The molecule has 0 aliphatic heterocycles. The molecule has 202 valence electrons. The first-order chi connectivity index (χ1) is 16.8. The molecular weight excluding hydrogens is 483 g/mol. The Kier molecular flexibility index (Phi) is 22.7. The van der Waals surface area contributed by atoms with Crippen molar-refractivity contribution >= 4 is 0 Å². The Labute approximate surface area is 234 Å². The molecule has 0 fully saturated rings. The van der Waals surface area contributed by atoms with Gasteiger partial charge in [-0.1, -0.05) is 50.7 Å². The van der Waals surface area contributed by atoms with Crippen molar-refractivity contribution in [3.8, 4) is 0 Å². The normalized spacial score (nSPS) is 10.3. The van der Waals surface area contributed by atoms with E-state index in [9.17, 15) is 0 Å². The molecule has 2 aromatic rings. The highest BCUT2D eigenvalue weighted by Crippen LogP contribution is 2.11. The van der Waals surface area contributed by atoms with Crippen LogP contribution in [0.4, 0.5) is 0 Å². The molecule has 0 N–H and O–H groups in total. The smallest absolute Gasteiger partial charge is 0.171 e.